The summed E-state index contributed by atoms with van der Waals surface area (Å²) in [7, 11) is 1.72. The Bertz CT molecular complexity index is 1380. The van der Waals surface area contributed by atoms with E-state index >= 15 is 0 Å². The number of hydrogen-bond acceptors (Lipinski definition) is 8. The molecule has 11 heteroatoms. The fraction of sp³-hybridized carbons (Fsp3) is 0.611. The molecule has 4 fully saturated rings. The number of ether oxygens (including phenoxy) is 2. The lowest BCUT2D eigenvalue weighted by atomic mass is 9.92. The zero-order chi connectivity index (χ0) is 32.8. The minimum atomic E-state index is -0.590. The number of aldehydes is 1. The van der Waals surface area contributed by atoms with Crippen molar-refractivity contribution < 1.29 is 23.0 Å². The van der Waals surface area contributed by atoms with Crippen LogP contribution in [0.15, 0.2) is 35.3 Å². The Morgan fingerprint density at radius 3 is 2.38 bits per heavy atom. The molecule has 6 rings (SSSR count). The first-order chi connectivity index (χ1) is 22.9. The molecule has 256 valence electrons. The van der Waals surface area contributed by atoms with E-state index in [2.05, 4.69) is 25.0 Å². The minimum absolute atomic E-state index is 0.00586. The van der Waals surface area contributed by atoms with Gasteiger partial charge in [0.25, 0.3) is 0 Å². The number of piperidine rings is 2. The molecule has 0 unspecified atom stereocenters. The molecule has 4 heterocycles. The molecule has 4 aliphatic heterocycles. The molecule has 3 N–H and O–H groups in total. The summed E-state index contributed by atoms with van der Waals surface area (Å²) in [6.45, 7) is 8.11. The molecule has 0 aromatic heterocycles. The van der Waals surface area contributed by atoms with Gasteiger partial charge in [0.2, 0.25) is 0 Å². The van der Waals surface area contributed by atoms with Crippen molar-refractivity contribution in [3.05, 3.63) is 47.5 Å². The van der Waals surface area contributed by atoms with Crippen LogP contribution in [0.5, 0.6) is 5.75 Å². The van der Waals surface area contributed by atoms with Crippen molar-refractivity contribution in [1.29, 1.82) is 0 Å². The Morgan fingerprint density at radius 2 is 1.70 bits per heavy atom. The Morgan fingerprint density at radius 1 is 0.957 bits per heavy atom. The van der Waals surface area contributed by atoms with E-state index in [9.17, 15) is 13.6 Å². The van der Waals surface area contributed by atoms with Crippen molar-refractivity contribution in [3.8, 4) is 5.75 Å². The molecule has 0 bridgehead atoms. The predicted molar refractivity (Wildman–Crippen MR) is 183 cm³/mol. The standard InChI is InChI=1S/C36H50F2N6O3/c1-40-36(5-2-25-10-16-46-17-11-25)41-34-20-30(19-32(37)31(34)23-45)47-24-26-6-12-42(13-7-26)29-21-44(22-29)28-8-14-43(15-9-28)35-4-3-27(39)18-33(35)38/h3-4,18-20,23,25-26,28-29H,2,5-17,21-22,24,39H2,1H3,(H,40,41). The lowest BCUT2D eigenvalue weighted by Gasteiger charge is -2.52. The summed E-state index contributed by atoms with van der Waals surface area (Å²) in [4.78, 5) is 23.5. The number of rotatable bonds is 11. The normalized spacial score (nSPS) is 21.5. The van der Waals surface area contributed by atoms with E-state index in [1.165, 1.54) is 12.1 Å². The van der Waals surface area contributed by atoms with Crippen molar-refractivity contribution in [1.82, 2.24) is 9.80 Å². The van der Waals surface area contributed by atoms with Crippen LogP contribution < -0.4 is 20.7 Å². The summed E-state index contributed by atoms with van der Waals surface area (Å²) in [6, 6.07) is 9.16. The summed E-state index contributed by atoms with van der Waals surface area (Å²) in [5, 5.41) is 3.21. The SMILES string of the molecule is CN=C(CCC1CCOCC1)Nc1cc(OCC2CCN(C3CN(C4CCN(c5ccc(N)cc5F)CC4)C3)CC2)cc(F)c1C=O. The van der Waals surface area contributed by atoms with E-state index in [1.807, 2.05) is 0 Å². The third-order valence-electron chi connectivity index (χ3n) is 10.7. The van der Waals surface area contributed by atoms with Gasteiger partial charge in [-0.2, -0.15) is 0 Å². The number of amidine groups is 1. The number of likely N-dealkylation sites (tertiary alicyclic amines) is 2. The lowest BCUT2D eigenvalue weighted by molar-refractivity contribution is -0.0181. The van der Waals surface area contributed by atoms with Gasteiger partial charge in [-0.1, -0.05) is 0 Å². The number of nitrogen functional groups attached to an aromatic ring is 1. The van der Waals surface area contributed by atoms with Crippen LogP contribution in [0.2, 0.25) is 0 Å². The predicted octanol–water partition coefficient (Wildman–Crippen LogP) is 5.45. The van der Waals surface area contributed by atoms with E-state index in [0.717, 1.165) is 110 Å². The first-order valence-corrected chi connectivity index (χ1v) is 17.4. The highest BCUT2D eigenvalue weighted by Gasteiger charge is 2.38. The number of anilines is 3. The topological polar surface area (TPSA) is 95.7 Å². The highest BCUT2D eigenvalue weighted by atomic mass is 19.1. The van der Waals surface area contributed by atoms with Gasteiger partial charge in [-0.25, -0.2) is 8.78 Å². The van der Waals surface area contributed by atoms with Crippen LogP contribution in [0.4, 0.5) is 25.8 Å². The van der Waals surface area contributed by atoms with Crippen molar-refractivity contribution in [3.63, 3.8) is 0 Å². The Balaban J connectivity index is 0.923. The number of carbonyl (C=O) groups is 1. The van der Waals surface area contributed by atoms with Crippen molar-refractivity contribution in [2.24, 2.45) is 16.8 Å². The molecule has 4 aliphatic rings. The van der Waals surface area contributed by atoms with Gasteiger partial charge in [-0.05, 0) is 88.1 Å². The minimum Gasteiger partial charge on any atom is -0.493 e. The molecule has 0 spiro atoms. The van der Waals surface area contributed by atoms with Gasteiger partial charge in [0.05, 0.1) is 23.5 Å². The molecule has 0 amide bonds. The van der Waals surface area contributed by atoms with Gasteiger partial charge in [-0.3, -0.25) is 19.6 Å². The van der Waals surface area contributed by atoms with Crippen molar-refractivity contribution >= 4 is 29.2 Å². The maximum Gasteiger partial charge on any atom is 0.155 e. The van der Waals surface area contributed by atoms with E-state index < -0.39 is 5.82 Å². The maximum atomic E-state index is 14.9. The van der Waals surface area contributed by atoms with Gasteiger partial charge in [0.1, 0.15) is 23.2 Å². The molecular weight excluding hydrogens is 602 g/mol. The molecule has 0 radical (unpaired) electrons. The van der Waals surface area contributed by atoms with Crippen LogP contribution in [0, 0.1) is 23.5 Å². The zero-order valence-corrected chi connectivity index (χ0v) is 27.6. The third-order valence-corrected chi connectivity index (χ3v) is 10.7. The zero-order valence-electron chi connectivity index (χ0n) is 27.6. The van der Waals surface area contributed by atoms with Crippen LogP contribution in [0.1, 0.15) is 61.7 Å². The number of nitrogens with zero attached hydrogens (tertiary/aromatic N) is 4. The number of nitrogens with one attached hydrogen (secondary N) is 1. The second-order valence-corrected chi connectivity index (χ2v) is 13.7. The van der Waals surface area contributed by atoms with Crippen LogP contribution in [-0.2, 0) is 4.74 Å². The van der Waals surface area contributed by atoms with Gasteiger partial charge in [-0.15, -0.1) is 0 Å². The number of benzene rings is 2. The molecule has 0 atom stereocenters. The Hall–Kier alpha value is -3.28. The first-order valence-electron chi connectivity index (χ1n) is 17.4. The maximum absolute atomic E-state index is 14.9. The lowest BCUT2D eigenvalue weighted by Crippen LogP contribution is -2.64. The quantitative estimate of drug-likeness (QED) is 0.143. The Labute approximate surface area is 277 Å². The van der Waals surface area contributed by atoms with E-state index in [1.54, 1.807) is 25.2 Å². The second kappa shape index (κ2) is 15.7. The van der Waals surface area contributed by atoms with Gasteiger partial charge >= 0.3 is 0 Å². The Kier molecular flexibility index (Phi) is 11.3. The smallest absolute Gasteiger partial charge is 0.155 e. The summed E-state index contributed by atoms with van der Waals surface area (Å²) in [6.07, 6.45) is 8.52. The molecule has 4 saturated heterocycles. The molecule has 0 saturated carbocycles. The monoisotopic (exact) mass is 652 g/mol. The van der Waals surface area contributed by atoms with E-state index in [4.69, 9.17) is 15.2 Å². The number of carbonyl (C=O) groups excluding carboxylic acids is 1. The number of nitrogens with two attached hydrogens (primary N) is 1. The van der Waals surface area contributed by atoms with E-state index in [0.29, 0.717) is 59.6 Å². The summed E-state index contributed by atoms with van der Waals surface area (Å²) >= 11 is 0. The number of aliphatic imine (C=N–C) groups is 1. The van der Waals surface area contributed by atoms with Crippen LogP contribution in [0.25, 0.3) is 0 Å². The van der Waals surface area contributed by atoms with Gasteiger partial charge < -0.3 is 25.4 Å². The highest BCUT2D eigenvalue weighted by molar-refractivity contribution is 5.99. The van der Waals surface area contributed by atoms with Gasteiger partial charge in [0, 0.05) is 82.8 Å². The largest absolute Gasteiger partial charge is 0.493 e. The first kappa shape index (κ1) is 33.6. The molecule has 2 aromatic carbocycles. The van der Waals surface area contributed by atoms with Crippen LogP contribution >= 0.6 is 0 Å². The molecule has 9 nitrogen and oxygen atoms in total. The molecular formula is C36H50F2N6O3. The number of halogens is 2. The van der Waals surface area contributed by atoms with E-state index in [-0.39, 0.29) is 11.4 Å². The summed E-state index contributed by atoms with van der Waals surface area (Å²) in [5.74, 6) is 1.32. The van der Waals surface area contributed by atoms with Crippen LogP contribution in [-0.4, -0.2) is 100 Å². The fourth-order valence-electron chi connectivity index (χ4n) is 7.63. The fourth-order valence-corrected chi connectivity index (χ4v) is 7.63. The molecule has 2 aromatic rings. The molecule has 0 aliphatic carbocycles. The van der Waals surface area contributed by atoms with Crippen LogP contribution in [0.3, 0.4) is 0 Å². The second-order valence-electron chi connectivity index (χ2n) is 13.7. The van der Waals surface area contributed by atoms with Gasteiger partial charge in [0.15, 0.2) is 6.29 Å². The third kappa shape index (κ3) is 8.42. The molecule has 47 heavy (non-hydrogen) atoms. The summed E-state index contributed by atoms with van der Waals surface area (Å²) in [5.41, 5.74) is 7.23. The average molecular weight is 653 g/mol. The van der Waals surface area contributed by atoms with Crippen molar-refractivity contribution in [2.75, 3.05) is 82.1 Å². The summed E-state index contributed by atoms with van der Waals surface area (Å²) < 4.78 is 40.9. The highest BCUT2D eigenvalue weighted by Crippen LogP contribution is 2.32. The number of hydrogen-bond donors (Lipinski definition) is 2. The average Bonchev–Trinajstić information content (AvgIpc) is 3.06. The van der Waals surface area contributed by atoms with Crippen molar-refractivity contribution in [2.45, 2.75) is 63.5 Å².